The summed E-state index contributed by atoms with van der Waals surface area (Å²) in [5.74, 6) is 0.829. The minimum Gasteiger partial charge on any atom is -0.368 e. The van der Waals surface area contributed by atoms with Gasteiger partial charge < -0.3 is 19.6 Å². The Kier molecular flexibility index (Phi) is 4.57. The first-order valence-corrected chi connectivity index (χ1v) is 7.82. The molecule has 3 rings (SSSR count). The van der Waals surface area contributed by atoms with E-state index in [0.29, 0.717) is 17.1 Å². The standard InChI is InChI=1S/C16H21N5O2/c1-3-20-4-6-21(7-5-20)14-9-13(10-17-11-14)16(22)18-15-8-12(2)23-19-15/h8-11H,3-7H2,1-2H3,(H,18,19,22). The van der Waals surface area contributed by atoms with Gasteiger partial charge in [-0.05, 0) is 19.5 Å². The second kappa shape index (κ2) is 6.78. The molecule has 0 unspecified atom stereocenters. The van der Waals surface area contributed by atoms with Crippen LogP contribution in [0.5, 0.6) is 0 Å². The first-order chi connectivity index (χ1) is 11.2. The highest BCUT2D eigenvalue weighted by molar-refractivity contribution is 6.04. The molecule has 1 fully saturated rings. The van der Waals surface area contributed by atoms with Gasteiger partial charge in [0.2, 0.25) is 0 Å². The maximum Gasteiger partial charge on any atom is 0.258 e. The summed E-state index contributed by atoms with van der Waals surface area (Å²) < 4.78 is 4.95. The molecule has 0 radical (unpaired) electrons. The zero-order valence-corrected chi connectivity index (χ0v) is 13.5. The van der Waals surface area contributed by atoms with Crippen LogP contribution >= 0.6 is 0 Å². The lowest BCUT2D eigenvalue weighted by Crippen LogP contribution is -2.46. The number of hydrogen-bond acceptors (Lipinski definition) is 6. The lowest BCUT2D eigenvalue weighted by Gasteiger charge is -2.35. The van der Waals surface area contributed by atoms with Crippen molar-refractivity contribution < 1.29 is 9.32 Å². The SMILES string of the molecule is CCN1CCN(c2cncc(C(=O)Nc3cc(C)on3)c2)CC1. The number of likely N-dealkylation sites (N-methyl/N-ethyl adjacent to an activating group) is 1. The number of piperazine rings is 1. The normalized spacial score (nSPS) is 15.7. The molecule has 2 aromatic heterocycles. The molecule has 0 bridgehead atoms. The topological polar surface area (TPSA) is 74.5 Å². The van der Waals surface area contributed by atoms with Crippen LogP contribution < -0.4 is 10.2 Å². The molecule has 3 heterocycles. The highest BCUT2D eigenvalue weighted by Gasteiger charge is 2.17. The van der Waals surface area contributed by atoms with Crippen molar-refractivity contribution >= 4 is 17.4 Å². The summed E-state index contributed by atoms with van der Waals surface area (Å²) in [6.07, 6.45) is 3.37. The number of amides is 1. The Hall–Kier alpha value is -2.41. The lowest BCUT2D eigenvalue weighted by molar-refractivity contribution is 0.102. The smallest absolute Gasteiger partial charge is 0.258 e. The van der Waals surface area contributed by atoms with Crippen molar-refractivity contribution in [2.45, 2.75) is 13.8 Å². The predicted molar refractivity (Wildman–Crippen MR) is 87.8 cm³/mol. The van der Waals surface area contributed by atoms with E-state index in [-0.39, 0.29) is 5.91 Å². The molecule has 7 heteroatoms. The van der Waals surface area contributed by atoms with Crippen molar-refractivity contribution in [3.05, 3.63) is 35.9 Å². The third-order valence-corrected chi connectivity index (χ3v) is 4.04. The molecular weight excluding hydrogens is 294 g/mol. The third kappa shape index (κ3) is 3.68. The van der Waals surface area contributed by atoms with Crippen molar-refractivity contribution in [3.8, 4) is 0 Å². The van der Waals surface area contributed by atoms with E-state index in [1.54, 1.807) is 25.4 Å². The minimum atomic E-state index is -0.236. The Balaban J connectivity index is 1.68. The van der Waals surface area contributed by atoms with Crippen molar-refractivity contribution in [1.82, 2.24) is 15.0 Å². The first-order valence-electron chi connectivity index (χ1n) is 7.82. The number of nitrogens with one attached hydrogen (secondary N) is 1. The van der Waals surface area contributed by atoms with Gasteiger partial charge in [-0.15, -0.1) is 0 Å². The van der Waals surface area contributed by atoms with Crippen molar-refractivity contribution in [2.24, 2.45) is 0 Å². The van der Waals surface area contributed by atoms with E-state index in [4.69, 9.17) is 4.52 Å². The van der Waals surface area contributed by atoms with Crippen LogP contribution in [0.2, 0.25) is 0 Å². The van der Waals surface area contributed by atoms with Crippen molar-refractivity contribution in [2.75, 3.05) is 42.9 Å². The van der Waals surface area contributed by atoms with Gasteiger partial charge in [-0.25, -0.2) is 0 Å². The Morgan fingerprint density at radius 1 is 1.26 bits per heavy atom. The fourth-order valence-electron chi connectivity index (χ4n) is 2.66. The van der Waals surface area contributed by atoms with Crippen LogP contribution in [-0.4, -0.2) is 53.7 Å². The molecule has 1 aliphatic rings. The Bertz CT molecular complexity index is 677. The molecule has 1 aliphatic heterocycles. The molecule has 0 atom stereocenters. The van der Waals surface area contributed by atoms with E-state index in [1.165, 1.54) is 0 Å². The summed E-state index contributed by atoms with van der Waals surface area (Å²) >= 11 is 0. The Morgan fingerprint density at radius 3 is 2.70 bits per heavy atom. The highest BCUT2D eigenvalue weighted by atomic mass is 16.5. The fraction of sp³-hybridized carbons (Fsp3) is 0.438. The van der Waals surface area contributed by atoms with Gasteiger partial charge >= 0.3 is 0 Å². The van der Waals surface area contributed by atoms with E-state index in [9.17, 15) is 4.79 Å². The number of carbonyl (C=O) groups is 1. The quantitative estimate of drug-likeness (QED) is 0.927. The number of aryl methyl sites for hydroxylation is 1. The van der Waals surface area contributed by atoms with Crippen molar-refractivity contribution in [1.29, 1.82) is 0 Å². The molecule has 0 aliphatic carbocycles. The maximum atomic E-state index is 12.3. The van der Waals surface area contributed by atoms with Gasteiger partial charge in [0.05, 0.1) is 17.4 Å². The average Bonchev–Trinajstić information content (AvgIpc) is 3.00. The summed E-state index contributed by atoms with van der Waals surface area (Å²) in [5, 5.41) is 6.48. The first kappa shape index (κ1) is 15.5. The molecule has 7 nitrogen and oxygen atoms in total. The van der Waals surface area contributed by atoms with Gasteiger partial charge in [0.25, 0.3) is 5.91 Å². The number of aromatic nitrogens is 2. The molecule has 1 saturated heterocycles. The van der Waals surface area contributed by atoms with Gasteiger partial charge in [-0.3, -0.25) is 9.78 Å². The molecule has 23 heavy (non-hydrogen) atoms. The fourth-order valence-corrected chi connectivity index (χ4v) is 2.66. The van der Waals surface area contributed by atoms with Crippen LogP contribution in [0.15, 0.2) is 29.0 Å². The lowest BCUT2D eigenvalue weighted by atomic mass is 10.2. The molecule has 122 valence electrons. The zero-order chi connectivity index (χ0) is 16.2. The summed E-state index contributed by atoms with van der Waals surface area (Å²) in [7, 11) is 0. The van der Waals surface area contributed by atoms with Crippen LogP contribution in [0.1, 0.15) is 23.0 Å². The molecule has 1 N–H and O–H groups in total. The molecular formula is C16H21N5O2. The van der Waals surface area contributed by atoms with Crippen LogP contribution in [0, 0.1) is 6.92 Å². The maximum absolute atomic E-state index is 12.3. The predicted octanol–water partition coefficient (Wildman–Crippen LogP) is 1.77. The molecule has 0 spiro atoms. The van der Waals surface area contributed by atoms with E-state index in [2.05, 4.69) is 32.2 Å². The number of carbonyl (C=O) groups excluding carboxylic acids is 1. The largest absolute Gasteiger partial charge is 0.368 e. The molecule has 0 aromatic carbocycles. The van der Waals surface area contributed by atoms with Gasteiger partial charge in [0.1, 0.15) is 5.76 Å². The average molecular weight is 315 g/mol. The van der Waals surface area contributed by atoms with Crippen LogP contribution in [-0.2, 0) is 0 Å². The second-order valence-electron chi connectivity index (χ2n) is 5.63. The summed E-state index contributed by atoms with van der Waals surface area (Å²) in [6, 6.07) is 3.55. The minimum absolute atomic E-state index is 0.236. The Labute approximate surface area is 135 Å². The van der Waals surface area contributed by atoms with Gasteiger partial charge in [0, 0.05) is 38.4 Å². The zero-order valence-electron chi connectivity index (χ0n) is 13.5. The number of rotatable bonds is 4. The monoisotopic (exact) mass is 315 g/mol. The number of nitrogens with zero attached hydrogens (tertiary/aromatic N) is 4. The van der Waals surface area contributed by atoms with E-state index in [0.717, 1.165) is 38.4 Å². The van der Waals surface area contributed by atoms with Gasteiger partial charge in [-0.1, -0.05) is 12.1 Å². The second-order valence-corrected chi connectivity index (χ2v) is 5.63. The van der Waals surface area contributed by atoms with Crippen LogP contribution in [0.3, 0.4) is 0 Å². The Morgan fingerprint density at radius 2 is 2.04 bits per heavy atom. The molecule has 2 aromatic rings. The summed E-state index contributed by atoms with van der Waals surface area (Å²) in [4.78, 5) is 21.2. The van der Waals surface area contributed by atoms with E-state index < -0.39 is 0 Å². The van der Waals surface area contributed by atoms with Crippen LogP contribution in [0.25, 0.3) is 0 Å². The third-order valence-electron chi connectivity index (χ3n) is 4.04. The summed E-state index contributed by atoms with van der Waals surface area (Å²) in [6.45, 7) is 8.99. The molecule has 1 amide bonds. The summed E-state index contributed by atoms with van der Waals surface area (Å²) in [5.41, 5.74) is 1.49. The number of anilines is 2. The van der Waals surface area contributed by atoms with E-state index in [1.807, 2.05) is 6.07 Å². The molecule has 0 saturated carbocycles. The van der Waals surface area contributed by atoms with Crippen molar-refractivity contribution in [3.63, 3.8) is 0 Å². The number of hydrogen-bond donors (Lipinski definition) is 1. The highest BCUT2D eigenvalue weighted by Crippen LogP contribution is 2.18. The van der Waals surface area contributed by atoms with Crippen LogP contribution in [0.4, 0.5) is 11.5 Å². The van der Waals surface area contributed by atoms with Gasteiger partial charge in [-0.2, -0.15) is 0 Å². The number of pyridine rings is 1. The van der Waals surface area contributed by atoms with E-state index >= 15 is 0 Å². The van der Waals surface area contributed by atoms with Gasteiger partial charge in [0.15, 0.2) is 5.82 Å².